The van der Waals surface area contributed by atoms with Crippen molar-refractivity contribution in [3.8, 4) is 11.3 Å². The number of primary amides is 1. The molecule has 32 heavy (non-hydrogen) atoms. The third kappa shape index (κ3) is 4.20. The molecular weight excluding hydrogens is 478 g/mol. The largest absolute Gasteiger partial charge is 0.365 e. The highest BCUT2D eigenvalue weighted by Gasteiger charge is 2.30. The standard InChI is InChI=1S/C22H18Cl3FN4O2/c1-11-6-13(9-16(25)20(11)26)21-19(22(27)32)17-10-29(4-5-30(17)28-21)18(31)8-12-2-3-14(23)15(24)7-12/h2-3,6-7,9H,4-5,8,10H2,1H3,(H2,27,32). The topological polar surface area (TPSA) is 81.2 Å². The van der Waals surface area contributed by atoms with Crippen LogP contribution in [0.1, 0.15) is 27.2 Å². The number of halogens is 4. The maximum absolute atomic E-state index is 14.0. The normalized spacial score (nSPS) is 13.2. The van der Waals surface area contributed by atoms with Gasteiger partial charge in [-0.25, -0.2) is 4.39 Å². The van der Waals surface area contributed by atoms with Crippen LogP contribution in [0.4, 0.5) is 4.39 Å². The summed E-state index contributed by atoms with van der Waals surface area (Å²) in [4.78, 5) is 26.9. The van der Waals surface area contributed by atoms with Gasteiger partial charge in [-0.15, -0.1) is 0 Å². The number of aromatic nitrogens is 2. The van der Waals surface area contributed by atoms with Crippen molar-refractivity contribution in [2.45, 2.75) is 26.4 Å². The fourth-order valence-corrected chi connectivity index (χ4v) is 4.38. The number of rotatable bonds is 4. The highest BCUT2D eigenvalue weighted by molar-refractivity contribution is 6.42. The van der Waals surface area contributed by atoms with Gasteiger partial charge in [-0.2, -0.15) is 5.10 Å². The van der Waals surface area contributed by atoms with E-state index in [9.17, 15) is 14.0 Å². The molecule has 0 spiro atoms. The SMILES string of the molecule is Cc1cc(-c2nn3c(c2C(N)=O)CN(C(=O)Cc2ccc(Cl)c(Cl)c2)CC3)cc(Cl)c1F. The molecule has 2 amide bonds. The Morgan fingerprint density at radius 1 is 1.09 bits per heavy atom. The van der Waals surface area contributed by atoms with E-state index in [2.05, 4.69) is 5.10 Å². The molecule has 10 heteroatoms. The van der Waals surface area contributed by atoms with Gasteiger partial charge in [-0.3, -0.25) is 14.3 Å². The van der Waals surface area contributed by atoms with E-state index in [1.807, 2.05) is 0 Å². The molecule has 0 saturated carbocycles. The minimum atomic E-state index is -0.682. The van der Waals surface area contributed by atoms with Crippen LogP contribution in [-0.4, -0.2) is 33.0 Å². The third-order valence-electron chi connectivity index (χ3n) is 5.40. The number of hydrogen-bond acceptors (Lipinski definition) is 3. The number of nitrogens with zero attached hydrogens (tertiary/aromatic N) is 3. The summed E-state index contributed by atoms with van der Waals surface area (Å²) < 4.78 is 15.6. The summed E-state index contributed by atoms with van der Waals surface area (Å²) in [6.07, 6.45) is 0.135. The molecule has 0 saturated heterocycles. The molecule has 0 aliphatic carbocycles. The van der Waals surface area contributed by atoms with E-state index in [0.717, 1.165) is 5.56 Å². The highest BCUT2D eigenvalue weighted by Crippen LogP contribution is 2.32. The van der Waals surface area contributed by atoms with Gasteiger partial charge in [0, 0.05) is 12.1 Å². The average molecular weight is 496 g/mol. The van der Waals surface area contributed by atoms with Crippen molar-refractivity contribution in [2.24, 2.45) is 5.73 Å². The third-order valence-corrected chi connectivity index (χ3v) is 6.42. The smallest absolute Gasteiger partial charge is 0.252 e. The van der Waals surface area contributed by atoms with Crippen molar-refractivity contribution in [3.05, 3.63) is 73.6 Å². The number of carbonyl (C=O) groups is 2. The first-order valence-electron chi connectivity index (χ1n) is 9.73. The fourth-order valence-electron chi connectivity index (χ4n) is 3.79. The lowest BCUT2D eigenvalue weighted by atomic mass is 10.0. The lowest BCUT2D eigenvalue weighted by molar-refractivity contribution is -0.132. The molecule has 0 bridgehead atoms. The van der Waals surface area contributed by atoms with Crippen molar-refractivity contribution < 1.29 is 14.0 Å². The molecule has 0 fully saturated rings. The molecular formula is C22H18Cl3FN4O2. The van der Waals surface area contributed by atoms with E-state index in [-0.39, 0.29) is 29.5 Å². The molecule has 0 unspecified atom stereocenters. The zero-order chi connectivity index (χ0) is 23.2. The van der Waals surface area contributed by atoms with Crippen LogP contribution in [0.2, 0.25) is 15.1 Å². The van der Waals surface area contributed by atoms with Crippen LogP contribution < -0.4 is 5.73 Å². The summed E-state index contributed by atoms with van der Waals surface area (Å²) in [5.41, 5.74) is 8.25. The minimum absolute atomic E-state index is 0.0696. The summed E-state index contributed by atoms with van der Waals surface area (Å²) in [6, 6.07) is 8.02. The average Bonchev–Trinajstić information content (AvgIpc) is 3.13. The molecule has 1 aromatic heterocycles. The van der Waals surface area contributed by atoms with Gasteiger partial charge in [0.1, 0.15) is 11.5 Å². The number of hydrogen-bond donors (Lipinski definition) is 1. The summed E-state index contributed by atoms with van der Waals surface area (Å²) in [6.45, 7) is 2.54. The Labute approximate surface area is 198 Å². The van der Waals surface area contributed by atoms with Crippen molar-refractivity contribution in [1.82, 2.24) is 14.7 Å². The lowest BCUT2D eigenvalue weighted by Crippen LogP contribution is -2.40. The molecule has 3 aromatic rings. The molecule has 6 nitrogen and oxygen atoms in total. The Kier molecular flexibility index (Phi) is 6.16. The Hall–Kier alpha value is -2.61. The predicted molar refractivity (Wildman–Crippen MR) is 121 cm³/mol. The second-order valence-electron chi connectivity index (χ2n) is 7.59. The van der Waals surface area contributed by atoms with Crippen LogP contribution in [0, 0.1) is 12.7 Å². The van der Waals surface area contributed by atoms with Crippen LogP contribution in [-0.2, 0) is 24.3 Å². The van der Waals surface area contributed by atoms with Gasteiger partial charge in [0.05, 0.1) is 45.8 Å². The van der Waals surface area contributed by atoms with Gasteiger partial charge in [-0.05, 0) is 42.3 Å². The van der Waals surface area contributed by atoms with Gasteiger partial charge in [0.15, 0.2) is 0 Å². The number of nitrogens with two attached hydrogens (primary N) is 1. The van der Waals surface area contributed by atoms with Crippen LogP contribution in [0.3, 0.4) is 0 Å². The first-order valence-corrected chi connectivity index (χ1v) is 10.9. The molecule has 4 rings (SSSR count). The van der Waals surface area contributed by atoms with Crippen molar-refractivity contribution in [3.63, 3.8) is 0 Å². The lowest BCUT2D eigenvalue weighted by Gasteiger charge is -2.28. The quantitative estimate of drug-likeness (QED) is 0.572. The van der Waals surface area contributed by atoms with Crippen LogP contribution >= 0.6 is 34.8 Å². The van der Waals surface area contributed by atoms with E-state index in [0.29, 0.717) is 45.6 Å². The first-order chi connectivity index (χ1) is 15.2. The Morgan fingerprint density at radius 3 is 2.50 bits per heavy atom. The number of fused-ring (bicyclic) bond motifs is 1. The molecule has 1 aliphatic rings. The van der Waals surface area contributed by atoms with E-state index >= 15 is 0 Å². The number of carbonyl (C=O) groups excluding carboxylic acids is 2. The molecule has 2 heterocycles. The minimum Gasteiger partial charge on any atom is -0.365 e. The van der Waals surface area contributed by atoms with Gasteiger partial charge in [-0.1, -0.05) is 40.9 Å². The Morgan fingerprint density at radius 2 is 1.84 bits per heavy atom. The van der Waals surface area contributed by atoms with E-state index < -0.39 is 11.7 Å². The maximum atomic E-state index is 14.0. The maximum Gasteiger partial charge on any atom is 0.252 e. The zero-order valence-electron chi connectivity index (χ0n) is 17.0. The Bertz CT molecular complexity index is 1240. The second-order valence-corrected chi connectivity index (χ2v) is 8.81. The van der Waals surface area contributed by atoms with Gasteiger partial charge >= 0.3 is 0 Å². The predicted octanol–water partition coefficient (Wildman–Crippen LogP) is 4.64. The van der Waals surface area contributed by atoms with Crippen molar-refractivity contribution in [1.29, 1.82) is 0 Å². The molecule has 166 valence electrons. The molecule has 2 aromatic carbocycles. The zero-order valence-corrected chi connectivity index (χ0v) is 19.2. The van der Waals surface area contributed by atoms with E-state index in [1.54, 1.807) is 40.8 Å². The molecule has 0 atom stereocenters. The van der Waals surface area contributed by atoms with Gasteiger partial charge < -0.3 is 10.6 Å². The number of amides is 2. The van der Waals surface area contributed by atoms with Crippen molar-refractivity contribution >= 4 is 46.6 Å². The molecule has 1 aliphatic heterocycles. The monoisotopic (exact) mass is 494 g/mol. The summed E-state index contributed by atoms with van der Waals surface area (Å²) >= 11 is 18.0. The van der Waals surface area contributed by atoms with Gasteiger partial charge in [0.2, 0.25) is 5.91 Å². The first kappa shape index (κ1) is 22.6. The van der Waals surface area contributed by atoms with Gasteiger partial charge in [0.25, 0.3) is 5.91 Å². The van der Waals surface area contributed by atoms with Crippen molar-refractivity contribution in [2.75, 3.05) is 6.54 Å². The number of aryl methyl sites for hydroxylation is 1. The van der Waals surface area contributed by atoms with E-state index in [1.165, 1.54) is 6.07 Å². The number of benzene rings is 2. The van der Waals surface area contributed by atoms with Crippen LogP contribution in [0.15, 0.2) is 30.3 Å². The summed E-state index contributed by atoms with van der Waals surface area (Å²) in [7, 11) is 0. The van der Waals surface area contributed by atoms with E-state index in [4.69, 9.17) is 40.5 Å². The second kappa shape index (κ2) is 8.73. The Balaban J connectivity index is 1.65. The molecule has 2 N–H and O–H groups in total. The van der Waals surface area contributed by atoms with Crippen LogP contribution in [0.5, 0.6) is 0 Å². The highest BCUT2D eigenvalue weighted by atomic mass is 35.5. The summed E-state index contributed by atoms with van der Waals surface area (Å²) in [5.74, 6) is -1.34. The van der Waals surface area contributed by atoms with Crippen LogP contribution in [0.25, 0.3) is 11.3 Å². The fraction of sp³-hybridized carbons (Fsp3) is 0.227. The molecule has 0 radical (unpaired) electrons. The summed E-state index contributed by atoms with van der Waals surface area (Å²) in [5, 5.41) is 5.24.